The molecule has 2 aliphatic carbocycles. The first-order chi connectivity index (χ1) is 21.1. The van der Waals surface area contributed by atoms with Crippen molar-refractivity contribution in [2.45, 2.75) is 57.5 Å². The molecule has 2 spiro atoms. The van der Waals surface area contributed by atoms with Crippen LogP contribution in [0.4, 0.5) is 16.3 Å². The second kappa shape index (κ2) is 11.4. The van der Waals surface area contributed by atoms with Gasteiger partial charge in [-0.25, -0.2) is 4.79 Å². The lowest BCUT2D eigenvalue weighted by Gasteiger charge is -2.58. The molecule has 4 fully saturated rings. The summed E-state index contributed by atoms with van der Waals surface area (Å²) in [6.45, 7) is 11.3. The Morgan fingerprint density at radius 3 is 2.50 bits per heavy atom. The first-order valence-corrected chi connectivity index (χ1v) is 15.7. The van der Waals surface area contributed by atoms with Gasteiger partial charge in [0.1, 0.15) is 6.61 Å². The van der Waals surface area contributed by atoms with Crippen molar-refractivity contribution in [1.82, 2.24) is 19.6 Å². The number of nitrogen functional groups attached to an aromatic ring is 1. The highest BCUT2D eigenvalue weighted by Crippen LogP contribution is 2.56. The molecule has 2 amide bonds. The number of nitrogens with two attached hydrogens (primary N) is 1. The molecule has 6 rings (SSSR count). The fourth-order valence-corrected chi connectivity index (χ4v) is 8.03. The van der Waals surface area contributed by atoms with Gasteiger partial charge in [0.25, 0.3) is 0 Å². The zero-order valence-electron chi connectivity index (χ0n) is 25.8. The number of anilines is 2. The summed E-state index contributed by atoms with van der Waals surface area (Å²) in [5.74, 6) is 0.805. The van der Waals surface area contributed by atoms with E-state index in [0.717, 1.165) is 73.4 Å². The Kier molecular flexibility index (Phi) is 7.90. The average Bonchev–Trinajstić information content (AvgIpc) is 3.27. The third kappa shape index (κ3) is 4.84. The highest BCUT2D eigenvalue weighted by molar-refractivity contribution is 6.35. The van der Waals surface area contributed by atoms with E-state index in [1.54, 1.807) is 12.0 Å². The Labute approximate surface area is 263 Å². The van der Waals surface area contributed by atoms with Crippen LogP contribution in [0.5, 0.6) is 0 Å². The fraction of sp³-hybridized carbons (Fsp3) is 0.562. The molecule has 1 aromatic heterocycles. The number of ether oxygens (including phenoxy) is 2. The van der Waals surface area contributed by atoms with Crippen molar-refractivity contribution in [3.63, 3.8) is 0 Å². The summed E-state index contributed by atoms with van der Waals surface area (Å²) >= 11 is 7.04. The SMILES string of the molecule is C=CC(=O)N1CC2(CC(n3nc(N4CCN(C(=O)OCCOC)CC45CCC5)c(-c4c(Cl)c(C)cc(N)c4C=N)c3C)C2)C1. The minimum Gasteiger partial charge on any atom is -0.447 e. The maximum Gasteiger partial charge on any atom is 0.409 e. The molecule has 2 saturated carbocycles. The number of benzene rings is 1. The van der Waals surface area contributed by atoms with E-state index < -0.39 is 0 Å². The van der Waals surface area contributed by atoms with Crippen LogP contribution >= 0.6 is 11.6 Å². The molecule has 3 heterocycles. The second-order valence-electron chi connectivity index (χ2n) is 13.0. The lowest BCUT2D eigenvalue weighted by Crippen LogP contribution is -2.67. The van der Waals surface area contributed by atoms with Gasteiger partial charge in [-0.15, -0.1) is 0 Å². The van der Waals surface area contributed by atoms with Gasteiger partial charge in [-0.2, -0.15) is 5.10 Å². The van der Waals surface area contributed by atoms with Crippen LogP contribution in [0.2, 0.25) is 5.02 Å². The van der Waals surface area contributed by atoms with Gasteiger partial charge in [0.15, 0.2) is 5.82 Å². The van der Waals surface area contributed by atoms with Gasteiger partial charge in [0.2, 0.25) is 5.91 Å². The fourth-order valence-electron chi connectivity index (χ4n) is 7.77. The molecule has 236 valence electrons. The summed E-state index contributed by atoms with van der Waals surface area (Å²) in [5.41, 5.74) is 10.8. The molecular weight excluding hydrogens is 582 g/mol. The number of nitrogens with one attached hydrogen (secondary N) is 1. The van der Waals surface area contributed by atoms with Crippen LogP contribution in [-0.2, 0) is 14.3 Å². The number of methoxy groups -OCH3 is 1. The summed E-state index contributed by atoms with van der Waals surface area (Å²) in [6.07, 6.45) is 7.13. The topological polar surface area (TPSA) is 130 Å². The number of aryl methyl sites for hydroxylation is 1. The Morgan fingerprint density at radius 1 is 1.16 bits per heavy atom. The highest BCUT2D eigenvalue weighted by Gasteiger charge is 2.55. The number of piperazine rings is 1. The molecule has 0 bridgehead atoms. The Bertz CT molecular complexity index is 1500. The zero-order chi connectivity index (χ0) is 31.4. The van der Waals surface area contributed by atoms with Crippen molar-refractivity contribution < 1.29 is 19.1 Å². The number of hydrogen-bond acceptors (Lipinski definition) is 8. The largest absolute Gasteiger partial charge is 0.447 e. The van der Waals surface area contributed by atoms with Crippen molar-refractivity contribution in [2.75, 3.05) is 63.7 Å². The van der Waals surface area contributed by atoms with Crippen molar-refractivity contribution in [3.8, 4) is 11.1 Å². The van der Waals surface area contributed by atoms with Gasteiger partial charge in [0.05, 0.1) is 23.2 Å². The monoisotopic (exact) mass is 623 g/mol. The van der Waals surface area contributed by atoms with Crippen LogP contribution in [0.25, 0.3) is 11.1 Å². The van der Waals surface area contributed by atoms with E-state index in [9.17, 15) is 9.59 Å². The first kappa shape index (κ1) is 30.5. The number of carbonyl (C=O) groups is 2. The van der Waals surface area contributed by atoms with Crippen molar-refractivity contribution >= 4 is 41.3 Å². The maximum atomic E-state index is 12.9. The summed E-state index contributed by atoms with van der Waals surface area (Å²) in [6, 6.07) is 2.00. The van der Waals surface area contributed by atoms with Gasteiger partial charge in [0, 0.05) is 79.5 Å². The predicted octanol–water partition coefficient (Wildman–Crippen LogP) is 4.58. The molecule has 44 heavy (non-hydrogen) atoms. The van der Waals surface area contributed by atoms with Crippen molar-refractivity contribution in [2.24, 2.45) is 5.41 Å². The molecule has 12 heteroatoms. The number of amides is 2. The molecule has 11 nitrogen and oxygen atoms in total. The minimum absolute atomic E-state index is 0.0164. The standard InChI is InChI=1S/C32H42ClN7O4/c1-5-25(41)38-17-31(18-38)14-22(15-31)40-21(3)26(27-23(16-34)24(35)13-20(2)28(27)33)29(36-40)39-10-9-37(19-32(39)7-6-8-32)30(42)44-12-11-43-4/h5,13,16,22,34H,1,6-12,14-15,17-19,35H2,2-4H3. The van der Waals surface area contributed by atoms with E-state index >= 15 is 0 Å². The Balaban J connectivity index is 1.37. The van der Waals surface area contributed by atoms with Crippen molar-refractivity contribution in [1.29, 1.82) is 5.41 Å². The van der Waals surface area contributed by atoms with Gasteiger partial charge in [-0.1, -0.05) is 18.2 Å². The van der Waals surface area contributed by atoms with E-state index in [2.05, 4.69) is 23.1 Å². The molecule has 2 aliphatic heterocycles. The molecule has 0 unspecified atom stereocenters. The van der Waals surface area contributed by atoms with Gasteiger partial charge >= 0.3 is 6.09 Å². The molecule has 0 radical (unpaired) electrons. The van der Waals surface area contributed by atoms with E-state index in [1.165, 1.54) is 12.3 Å². The molecule has 2 aromatic rings. The lowest BCUT2D eigenvalue weighted by molar-refractivity contribution is -0.149. The smallest absolute Gasteiger partial charge is 0.409 e. The van der Waals surface area contributed by atoms with Crippen LogP contribution in [0.15, 0.2) is 18.7 Å². The molecule has 2 saturated heterocycles. The minimum atomic E-state index is -0.320. The van der Waals surface area contributed by atoms with E-state index in [0.29, 0.717) is 42.5 Å². The molecule has 4 aliphatic rings. The summed E-state index contributed by atoms with van der Waals surface area (Å²) < 4.78 is 12.7. The number of nitrogens with zero attached hydrogens (tertiary/aromatic N) is 5. The van der Waals surface area contributed by atoms with Gasteiger partial charge in [-0.05, 0) is 63.7 Å². The first-order valence-electron chi connectivity index (χ1n) is 15.3. The van der Waals surface area contributed by atoms with Gasteiger partial charge in [-0.3, -0.25) is 9.48 Å². The van der Waals surface area contributed by atoms with Crippen LogP contribution in [0.3, 0.4) is 0 Å². The molecule has 1 aromatic carbocycles. The average molecular weight is 624 g/mol. The van der Waals surface area contributed by atoms with Gasteiger partial charge < -0.3 is 35.3 Å². The number of hydrogen-bond donors (Lipinski definition) is 2. The zero-order valence-corrected chi connectivity index (χ0v) is 26.6. The lowest BCUT2D eigenvalue weighted by atomic mass is 9.60. The summed E-state index contributed by atoms with van der Waals surface area (Å²) in [4.78, 5) is 31.0. The van der Waals surface area contributed by atoms with Crippen LogP contribution in [0, 0.1) is 24.7 Å². The normalized spacial score (nSPS) is 20.2. The van der Waals surface area contributed by atoms with E-state index in [4.69, 9.17) is 37.3 Å². The van der Waals surface area contributed by atoms with Crippen LogP contribution in [-0.4, -0.2) is 96.4 Å². The highest BCUT2D eigenvalue weighted by atomic mass is 35.5. The Morgan fingerprint density at radius 2 is 1.89 bits per heavy atom. The third-order valence-electron chi connectivity index (χ3n) is 10.2. The Hall–Kier alpha value is -3.57. The van der Waals surface area contributed by atoms with E-state index in [1.807, 2.05) is 17.9 Å². The predicted molar refractivity (Wildman–Crippen MR) is 171 cm³/mol. The maximum absolute atomic E-state index is 12.9. The van der Waals surface area contributed by atoms with E-state index in [-0.39, 0.29) is 35.6 Å². The summed E-state index contributed by atoms with van der Waals surface area (Å²) in [5, 5.41) is 14.2. The molecule has 3 N–H and O–H groups in total. The summed E-state index contributed by atoms with van der Waals surface area (Å²) in [7, 11) is 1.58. The van der Waals surface area contributed by atoms with Crippen LogP contribution < -0.4 is 10.6 Å². The number of aromatic nitrogens is 2. The molecule has 0 atom stereocenters. The number of rotatable bonds is 8. The quantitative estimate of drug-likeness (QED) is 0.191. The second-order valence-corrected chi connectivity index (χ2v) is 13.4. The van der Waals surface area contributed by atoms with Crippen molar-refractivity contribution in [3.05, 3.63) is 40.6 Å². The number of likely N-dealkylation sites (tertiary alicyclic amines) is 1. The molecular formula is C32H42ClN7O4. The van der Waals surface area contributed by atoms with Crippen LogP contribution in [0.1, 0.15) is 55.0 Å². The third-order valence-corrected chi connectivity index (χ3v) is 10.7. The number of carbonyl (C=O) groups excluding carboxylic acids is 2. The number of halogens is 1.